The maximum atomic E-state index is 12.1. The zero-order chi connectivity index (χ0) is 21.9. The maximum absolute atomic E-state index is 12.1. The summed E-state index contributed by atoms with van der Waals surface area (Å²) in [5, 5.41) is 3.77. The van der Waals surface area contributed by atoms with Gasteiger partial charge in [0.05, 0.1) is 0 Å². The van der Waals surface area contributed by atoms with Gasteiger partial charge in [-0.1, -0.05) is 29.9 Å². The van der Waals surface area contributed by atoms with Gasteiger partial charge in [-0.2, -0.15) is 0 Å². The number of likely N-dealkylation sites (N-methyl/N-ethyl adjacent to an activating group) is 1. The number of carbonyl (C=O) groups excluding carboxylic acids is 3. The van der Waals surface area contributed by atoms with Crippen LogP contribution < -0.4 is 0 Å². The van der Waals surface area contributed by atoms with Gasteiger partial charge >= 0.3 is 5.97 Å². The standard InChI is InChI=1S/C20H33NO4S4/c1-21(2)12-13-25-18(22)8-6-5-7-17(29-20(24)11-15-27-4)9-16-28-19(23)10-14-26-3/h10-11,14-15,17H,5-9,12-13,16H2,1-4H3/b14-10-,15-11-. The average Bonchev–Trinajstić information content (AvgIpc) is 2.67. The highest BCUT2D eigenvalue weighted by Gasteiger charge is 2.14. The van der Waals surface area contributed by atoms with Crippen molar-refractivity contribution < 1.29 is 19.1 Å². The number of nitrogens with zero attached hydrogens (tertiary/aromatic N) is 1. The monoisotopic (exact) mass is 479 g/mol. The third kappa shape index (κ3) is 19.4. The van der Waals surface area contributed by atoms with Gasteiger partial charge in [0, 0.05) is 24.0 Å². The van der Waals surface area contributed by atoms with Crippen molar-refractivity contribution in [2.24, 2.45) is 0 Å². The van der Waals surface area contributed by atoms with Gasteiger partial charge in [0.15, 0.2) is 0 Å². The molecule has 1 unspecified atom stereocenters. The highest BCUT2D eigenvalue weighted by Crippen LogP contribution is 2.25. The van der Waals surface area contributed by atoms with Gasteiger partial charge in [0.25, 0.3) is 0 Å². The quantitative estimate of drug-likeness (QED) is 0.178. The fraction of sp³-hybridized carbons (Fsp3) is 0.650. The fourth-order valence-corrected chi connectivity index (χ4v) is 4.71. The first kappa shape index (κ1) is 28.6. The number of unbranched alkanes of at least 4 members (excludes halogenated alkanes) is 1. The molecule has 29 heavy (non-hydrogen) atoms. The molecule has 5 nitrogen and oxygen atoms in total. The number of esters is 1. The zero-order valence-corrected chi connectivity index (χ0v) is 21.0. The van der Waals surface area contributed by atoms with Gasteiger partial charge in [-0.3, -0.25) is 14.4 Å². The van der Waals surface area contributed by atoms with E-state index in [1.54, 1.807) is 23.0 Å². The third-order valence-corrected chi connectivity index (χ3v) is 6.46. The molecule has 0 radical (unpaired) electrons. The van der Waals surface area contributed by atoms with Crippen LogP contribution in [-0.4, -0.2) is 71.9 Å². The molecule has 0 aromatic carbocycles. The van der Waals surface area contributed by atoms with Gasteiger partial charge in [-0.05, 0) is 68.8 Å². The molecule has 0 aliphatic carbocycles. The van der Waals surface area contributed by atoms with Crippen molar-refractivity contribution in [3.8, 4) is 0 Å². The van der Waals surface area contributed by atoms with E-state index in [2.05, 4.69) is 0 Å². The lowest BCUT2D eigenvalue weighted by molar-refractivity contribution is -0.144. The molecule has 0 saturated heterocycles. The van der Waals surface area contributed by atoms with Crippen LogP contribution in [0, 0.1) is 0 Å². The summed E-state index contributed by atoms with van der Waals surface area (Å²) in [4.78, 5) is 37.5. The van der Waals surface area contributed by atoms with Crippen molar-refractivity contribution in [2.45, 2.75) is 37.4 Å². The molecule has 0 fully saturated rings. The van der Waals surface area contributed by atoms with Crippen molar-refractivity contribution in [1.29, 1.82) is 0 Å². The smallest absolute Gasteiger partial charge is 0.305 e. The van der Waals surface area contributed by atoms with Crippen LogP contribution in [0.4, 0.5) is 0 Å². The number of rotatable bonds is 16. The Morgan fingerprint density at radius 2 is 1.62 bits per heavy atom. The van der Waals surface area contributed by atoms with Crippen LogP contribution in [0.25, 0.3) is 0 Å². The van der Waals surface area contributed by atoms with Crippen LogP contribution in [0.5, 0.6) is 0 Å². The van der Waals surface area contributed by atoms with Crippen LogP contribution in [-0.2, 0) is 19.1 Å². The molecule has 0 aliphatic heterocycles. The summed E-state index contributed by atoms with van der Waals surface area (Å²) in [6, 6.07) is 0. The largest absolute Gasteiger partial charge is 0.464 e. The molecule has 0 bridgehead atoms. The highest BCUT2D eigenvalue weighted by atomic mass is 32.2. The van der Waals surface area contributed by atoms with E-state index in [1.165, 1.54) is 47.0 Å². The van der Waals surface area contributed by atoms with Gasteiger partial charge in [-0.15, -0.1) is 23.5 Å². The van der Waals surface area contributed by atoms with E-state index in [-0.39, 0.29) is 21.4 Å². The predicted molar refractivity (Wildman–Crippen MR) is 132 cm³/mol. The van der Waals surface area contributed by atoms with E-state index in [9.17, 15) is 14.4 Å². The summed E-state index contributed by atoms with van der Waals surface area (Å²) >= 11 is 5.59. The second-order valence-electron chi connectivity index (χ2n) is 6.36. The molecule has 0 aromatic rings. The summed E-state index contributed by atoms with van der Waals surface area (Å²) in [5.74, 6) is 0.512. The first-order valence-corrected chi connectivity index (χ1v) is 13.9. The molecule has 9 heteroatoms. The molecule has 0 rings (SSSR count). The van der Waals surface area contributed by atoms with Gasteiger partial charge in [0.2, 0.25) is 10.2 Å². The number of hydrogen-bond acceptors (Lipinski definition) is 9. The van der Waals surface area contributed by atoms with Gasteiger partial charge in [-0.25, -0.2) is 0 Å². The van der Waals surface area contributed by atoms with Crippen molar-refractivity contribution >= 4 is 63.2 Å². The maximum Gasteiger partial charge on any atom is 0.305 e. The topological polar surface area (TPSA) is 63.7 Å². The Balaban J connectivity index is 4.31. The lowest BCUT2D eigenvalue weighted by atomic mass is 10.1. The minimum absolute atomic E-state index is 0.0334. The molecule has 1 atom stereocenters. The summed E-state index contributed by atoms with van der Waals surface area (Å²) in [6.45, 7) is 1.13. The third-order valence-electron chi connectivity index (χ3n) is 3.61. The van der Waals surface area contributed by atoms with Crippen LogP contribution in [0.1, 0.15) is 32.1 Å². The molecule has 0 aromatic heterocycles. The highest BCUT2D eigenvalue weighted by molar-refractivity contribution is 8.15. The van der Waals surface area contributed by atoms with E-state index < -0.39 is 0 Å². The van der Waals surface area contributed by atoms with Crippen LogP contribution in [0.2, 0.25) is 0 Å². The summed E-state index contributed by atoms with van der Waals surface area (Å²) in [7, 11) is 3.87. The van der Waals surface area contributed by atoms with Crippen LogP contribution in [0.3, 0.4) is 0 Å². The van der Waals surface area contributed by atoms with Gasteiger partial charge < -0.3 is 9.64 Å². The first-order valence-electron chi connectivity index (χ1n) is 9.45. The lowest BCUT2D eigenvalue weighted by Crippen LogP contribution is -2.20. The second kappa shape index (κ2) is 19.6. The van der Waals surface area contributed by atoms with E-state index >= 15 is 0 Å². The van der Waals surface area contributed by atoms with E-state index in [4.69, 9.17) is 4.74 Å². The fourth-order valence-electron chi connectivity index (χ4n) is 2.11. The van der Waals surface area contributed by atoms with Crippen molar-refractivity contribution in [2.75, 3.05) is 45.5 Å². The SMILES string of the molecule is CS/C=C\C(=O)SCCC(CCCCC(=O)OCCN(C)C)SC(=O)/C=C\SC. The van der Waals surface area contributed by atoms with Gasteiger partial charge in [0.1, 0.15) is 6.61 Å². The minimum Gasteiger partial charge on any atom is -0.464 e. The molecular weight excluding hydrogens is 446 g/mol. The molecule has 0 heterocycles. The first-order chi connectivity index (χ1) is 13.9. The summed E-state index contributed by atoms with van der Waals surface area (Å²) in [6.07, 6.45) is 10.6. The average molecular weight is 480 g/mol. The molecule has 0 amide bonds. The van der Waals surface area contributed by atoms with Crippen molar-refractivity contribution in [1.82, 2.24) is 4.90 Å². The normalized spacial score (nSPS) is 12.7. The Labute approximate surface area is 192 Å². The van der Waals surface area contributed by atoms with E-state index in [1.807, 2.05) is 31.5 Å². The van der Waals surface area contributed by atoms with E-state index in [0.717, 1.165) is 32.2 Å². The summed E-state index contributed by atoms with van der Waals surface area (Å²) < 4.78 is 5.19. The lowest BCUT2D eigenvalue weighted by Gasteiger charge is -2.14. The molecule has 0 aliphatic rings. The minimum atomic E-state index is -0.170. The van der Waals surface area contributed by atoms with Crippen molar-refractivity contribution in [3.63, 3.8) is 0 Å². The Morgan fingerprint density at radius 1 is 0.966 bits per heavy atom. The Kier molecular flexibility index (Phi) is 19.4. The Morgan fingerprint density at radius 3 is 2.24 bits per heavy atom. The zero-order valence-electron chi connectivity index (χ0n) is 17.8. The van der Waals surface area contributed by atoms with E-state index in [0.29, 0.717) is 18.8 Å². The van der Waals surface area contributed by atoms with Crippen LogP contribution in [0.15, 0.2) is 23.0 Å². The number of carbonyl (C=O) groups is 3. The van der Waals surface area contributed by atoms with Crippen LogP contribution >= 0.6 is 47.0 Å². The number of hydrogen-bond donors (Lipinski definition) is 0. The molecule has 0 spiro atoms. The molecule has 0 N–H and O–H groups in total. The molecule has 166 valence electrons. The summed E-state index contributed by atoms with van der Waals surface area (Å²) in [5.41, 5.74) is 0. The Bertz CT molecular complexity index is 539. The molecular formula is C20H33NO4S4. The molecule has 0 saturated carbocycles. The number of thioether (sulfide) groups is 4. The second-order valence-corrected chi connectivity index (χ2v) is 10.3. The number of ether oxygens (including phenoxy) is 1. The predicted octanol–water partition coefficient (Wildman–Crippen LogP) is 4.68. The van der Waals surface area contributed by atoms with Crippen molar-refractivity contribution in [3.05, 3.63) is 23.0 Å². The Hall–Kier alpha value is -0.350.